The van der Waals surface area contributed by atoms with Crippen LogP contribution in [0, 0.1) is 0 Å². The summed E-state index contributed by atoms with van der Waals surface area (Å²) < 4.78 is 44.4. The first-order valence-electron chi connectivity index (χ1n) is 9.86. The number of carbonyl (C=O) groups excluding carboxylic acids is 2. The Kier molecular flexibility index (Phi) is 6.97. The number of hydrogen-bond donors (Lipinski definition) is 2. The van der Waals surface area contributed by atoms with Crippen molar-refractivity contribution >= 4 is 11.8 Å². The fourth-order valence-electron chi connectivity index (χ4n) is 3.34. The number of hydrogen-bond acceptors (Lipinski definition) is 4. The van der Waals surface area contributed by atoms with Crippen molar-refractivity contribution < 1.29 is 27.5 Å². The normalized spacial score (nSPS) is 17.8. The number of morpholine rings is 1. The predicted molar refractivity (Wildman–Crippen MR) is 108 cm³/mol. The number of amides is 2. The molecule has 1 saturated heterocycles. The first-order valence-corrected chi connectivity index (χ1v) is 9.86. The van der Waals surface area contributed by atoms with E-state index in [4.69, 9.17) is 10.5 Å². The van der Waals surface area contributed by atoms with Crippen LogP contribution in [0.3, 0.4) is 0 Å². The van der Waals surface area contributed by atoms with E-state index >= 15 is 0 Å². The second-order valence-corrected chi connectivity index (χ2v) is 7.43. The molecule has 0 aromatic heterocycles. The van der Waals surface area contributed by atoms with Gasteiger partial charge in [-0.1, -0.05) is 18.2 Å². The van der Waals surface area contributed by atoms with E-state index < -0.39 is 23.7 Å². The molecular formula is C22H24F3N3O3. The highest BCUT2D eigenvalue weighted by atomic mass is 19.4. The fraction of sp³-hybridized carbons (Fsp3) is 0.364. The van der Waals surface area contributed by atoms with Crippen LogP contribution in [-0.4, -0.2) is 49.1 Å². The number of alkyl halides is 3. The first kappa shape index (κ1) is 22.8. The van der Waals surface area contributed by atoms with Gasteiger partial charge >= 0.3 is 6.18 Å². The summed E-state index contributed by atoms with van der Waals surface area (Å²) in [6, 6.07) is 10.5. The molecule has 6 nitrogen and oxygen atoms in total. The minimum Gasteiger partial charge on any atom is -0.377 e. The molecule has 1 aliphatic heterocycles. The SMILES string of the molecule is CC(N)c1ccc(C(=O)NCC2COCCN2C(=O)c2cccc(C(F)(F)F)c2)cc1. The number of carbonyl (C=O) groups is 2. The lowest BCUT2D eigenvalue weighted by atomic mass is 10.1. The Morgan fingerprint density at radius 3 is 2.55 bits per heavy atom. The predicted octanol–water partition coefficient (Wildman–Crippen LogP) is 3.00. The van der Waals surface area contributed by atoms with E-state index in [0.29, 0.717) is 5.56 Å². The molecule has 3 N–H and O–H groups in total. The van der Waals surface area contributed by atoms with E-state index in [2.05, 4.69) is 5.32 Å². The summed E-state index contributed by atoms with van der Waals surface area (Å²) in [5.74, 6) is -0.858. The van der Waals surface area contributed by atoms with Crippen LogP contribution in [0.2, 0.25) is 0 Å². The van der Waals surface area contributed by atoms with Crippen LogP contribution in [0.5, 0.6) is 0 Å². The van der Waals surface area contributed by atoms with Crippen molar-refractivity contribution in [2.24, 2.45) is 5.73 Å². The highest BCUT2D eigenvalue weighted by Gasteiger charge is 2.33. The van der Waals surface area contributed by atoms with Crippen molar-refractivity contribution in [3.8, 4) is 0 Å². The smallest absolute Gasteiger partial charge is 0.377 e. The van der Waals surface area contributed by atoms with E-state index in [1.54, 1.807) is 24.3 Å². The maximum Gasteiger partial charge on any atom is 0.416 e. The summed E-state index contributed by atoms with van der Waals surface area (Å²) in [6.07, 6.45) is -4.54. The summed E-state index contributed by atoms with van der Waals surface area (Å²) in [7, 11) is 0. The lowest BCUT2D eigenvalue weighted by molar-refractivity contribution is -0.137. The molecule has 1 heterocycles. The van der Waals surface area contributed by atoms with E-state index in [9.17, 15) is 22.8 Å². The standard InChI is InChI=1S/C22H24F3N3O3/c1-14(26)15-5-7-16(8-6-15)20(29)27-12-19-13-31-10-9-28(19)21(30)17-3-2-4-18(11-17)22(23,24)25/h2-8,11,14,19H,9-10,12-13,26H2,1H3,(H,27,29). The van der Waals surface area contributed by atoms with E-state index in [-0.39, 0.29) is 43.8 Å². The molecule has 2 amide bonds. The molecule has 2 aromatic carbocycles. The lowest BCUT2D eigenvalue weighted by Gasteiger charge is -2.35. The summed E-state index contributed by atoms with van der Waals surface area (Å²) >= 11 is 0. The minimum atomic E-state index is -4.54. The Labute approximate surface area is 178 Å². The van der Waals surface area contributed by atoms with Gasteiger partial charge in [-0.15, -0.1) is 0 Å². The van der Waals surface area contributed by atoms with Gasteiger partial charge in [0.2, 0.25) is 0 Å². The number of rotatable bonds is 5. The van der Waals surface area contributed by atoms with Gasteiger partial charge in [-0.2, -0.15) is 13.2 Å². The molecule has 0 saturated carbocycles. The Balaban J connectivity index is 1.68. The second kappa shape index (κ2) is 9.49. The molecule has 1 fully saturated rings. The molecular weight excluding hydrogens is 411 g/mol. The van der Waals surface area contributed by atoms with Crippen molar-refractivity contribution in [2.45, 2.75) is 25.2 Å². The van der Waals surface area contributed by atoms with Crippen LogP contribution in [0.1, 0.15) is 44.8 Å². The molecule has 0 aliphatic carbocycles. The quantitative estimate of drug-likeness (QED) is 0.756. The number of halogens is 3. The van der Waals surface area contributed by atoms with Crippen molar-refractivity contribution in [2.75, 3.05) is 26.3 Å². The monoisotopic (exact) mass is 435 g/mol. The average molecular weight is 435 g/mol. The lowest BCUT2D eigenvalue weighted by Crippen LogP contribution is -2.53. The first-order chi connectivity index (χ1) is 14.7. The highest BCUT2D eigenvalue weighted by Crippen LogP contribution is 2.30. The van der Waals surface area contributed by atoms with Crippen LogP contribution < -0.4 is 11.1 Å². The van der Waals surface area contributed by atoms with Gasteiger partial charge in [0.25, 0.3) is 11.8 Å². The summed E-state index contributed by atoms with van der Waals surface area (Å²) in [6.45, 7) is 2.62. The van der Waals surface area contributed by atoms with Crippen molar-refractivity contribution in [3.63, 3.8) is 0 Å². The topological polar surface area (TPSA) is 84.7 Å². The van der Waals surface area contributed by atoms with Crippen molar-refractivity contribution in [1.29, 1.82) is 0 Å². The van der Waals surface area contributed by atoms with Crippen LogP contribution in [0.15, 0.2) is 48.5 Å². The zero-order valence-electron chi connectivity index (χ0n) is 17.0. The molecule has 0 radical (unpaired) electrons. The molecule has 1 aliphatic rings. The molecule has 0 spiro atoms. The minimum absolute atomic E-state index is 0.0560. The van der Waals surface area contributed by atoms with Crippen LogP contribution in [0.4, 0.5) is 13.2 Å². The zero-order valence-corrected chi connectivity index (χ0v) is 17.0. The molecule has 3 rings (SSSR count). The molecule has 31 heavy (non-hydrogen) atoms. The molecule has 0 bridgehead atoms. The highest BCUT2D eigenvalue weighted by molar-refractivity contribution is 5.95. The van der Waals surface area contributed by atoms with E-state index in [0.717, 1.165) is 17.7 Å². The largest absolute Gasteiger partial charge is 0.416 e. The number of nitrogens with zero attached hydrogens (tertiary/aromatic N) is 1. The average Bonchev–Trinajstić information content (AvgIpc) is 2.76. The molecule has 9 heteroatoms. The van der Waals surface area contributed by atoms with E-state index in [1.165, 1.54) is 17.0 Å². The van der Waals surface area contributed by atoms with Crippen LogP contribution >= 0.6 is 0 Å². The number of nitrogens with one attached hydrogen (secondary N) is 1. The zero-order chi connectivity index (χ0) is 22.6. The Hall–Kier alpha value is -2.91. The summed E-state index contributed by atoms with van der Waals surface area (Å²) in [4.78, 5) is 26.8. The van der Waals surface area contributed by atoms with Gasteiger partial charge in [0, 0.05) is 30.3 Å². The maximum absolute atomic E-state index is 13.0. The molecule has 2 aromatic rings. The molecule has 2 atom stereocenters. The van der Waals surface area contributed by atoms with Crippen molar-refractivity contribution in [1.82, 2.24) is 10.2 Å². The molecule has 166 valence electrons. The fourth-order valence-corrected chi connectivity index (χ4v) is 3.34. The van der Waals surface area contributed by atoms with Gasteiger partial charge < -0.3 is 20.7 Å². The van der Waals surface area contributed by atoms with Crippen LogP contribution in [0.25, 0.3) is 0 Å². The number of nitrogens with two attached hydrogens (primary N) is 1. The summed E-state index contributed by atoms with van der Waals surface area (Å²) in [5.41, 5.74) is 6.21. The van der Waals surface area contributed by atoms with Crippen molar-refractivity contribution in [3.05, 3.63) is 70.8 Å². The number of ether oxygens (including phenoxy) is 1. The second-order valence-electron chi connectivity index (χ2n) is 7.43. The van der Waals surface area contributed by atoms with Gasteiger partial charge in [0.05, 0.1) is 24.8 Å². The summed E-state index contributed by atoms with van der Waals surface area (Å²) in [5, 5.41) is 2.77. The Morgan fingerprint density at radius 1 is 1.19 bits per heavy atom. The maximum atomic E-state index is 13.0. The van der Waals surface area contributed by atoms with Gasteiger partial charge in [-0.3, -0.25) is 9.59 Å². The third-order valence-corrected chi connectivity index (χ3v) is 5.12. The third-order valence-electron chi connectivity index (χ3n) is 5.12. The Morgan fingerprint density at radius 2 is 1.90 bits per heavy atom. The van der Waals surface area contributed by atoms with Gasteiger partial charge in [0.1, 0.15) is 0 Å². The molecule has 2 unspecified atom stereocenters. The number of benzene rings is 2. The third kappa shape index (κ3) is 5.62. The van der Waals surface area contributed by atoms with Gasteiger partial charge in [-0.05, 0) is 42.8 Å². The van der Waals surface area contributed by atoms with Gasteiger partial charge in [-0.25, -0.2) is 0 Å². The van der Waals surface area contributed by atoms with Gasteiger partial charge in [0.15, 0.2) is 0 Å². The Bertz CT molecular complexity index is 930. The van der Waals surface area contributed by atoms with E-state index in [1.807, 2.05) is 6.92 Å². The van der Waals surface area contributed by atoms with Crippen LogP contribution in [-0.2, 0) is 10.9 Å².